The number of aliphatic hydroxyl groups excluding tert-OH is 6. The molecule has 2 aliphatic rings. The molecule has 152 valence electrons. The van der Waals surface area contributed by atoms with Crippen LogP contribution < -0.4 is 5.32 Å². The third-order valence-electron chi connectivity index (χ3n) is 4.35. The van der Waals surface area contributed by atoms with Crippen molar-refractivity contribution in [3.63, 3.8) is 0 Å². The van der Waals surface area contributed by atoms with Gasteiger partial charge in [-0.15, -0.1) is 0 Å². The van der Waals surface area contributed by atoms with Crippen molar-refractivity contribution in [3.05, 3.63) is 0 Å². The number of nitrogens with one attached hydrogen (secondary N) is 1. The molecule has 12 heteroatoms. The van der Waals surface area contributed by atoms with Gasteiger partial charge in [0, 0.05) is 6.92 Å². The van der Waals surface area contributed by atoms with Crippen molar-refractivity contribution in [1.29, 1.82) is 0 Å². The maximum Gasteiger partial charge on any atom is 0.217 e. The minimum atomic E-state index is -1.68. The Balaban J connectivity index is 2.16. The molecule has 2 fully saturated rings. The van der Waals surface area contributed by atoms with Gasteiger partial charge in [0.1, 0.15) is 47.7 Å². The van der Waals surface area contributed by atoms with Gasteiger partial charge in [-0.1, -0.05) is 15.9 Å². The van der Waals surface area contributed by atoms with E-state index in [1.165, 1.54) is 6.92 Å². The number of alkyl halides is 1. The summed E-state index contributed by atoms with van der Waals surface area (Å²) in [6.45, 7) is 0.0576. The predicted octanol–water partition coefficient (Wildman–Crippen LogP) is -3.85. The van der Waals surface area contributed by atoms with Crippen molar-refractivity contribution in [2.45, 2.75) is 67.0 Å². The standard InChI is InChI=1S/C14H24BrNO10/c1-4(19)16-7-9(21)12(6(3-18)24-13(7)15)26-14-11(23)10(22)8(20)5(2-17)25-14/h5-14,17-18,20-23H,2-3H2,1H3,(H,16,19)/t5-,6-,7-,8+,9-,10+,11-,12-,13?,14+/m1/s1. The third-order valence-corrected chi connectivity index (χ3v) is 5.13. The van der Waals surface area contributed by atoms with Crippen molar-refractivity contribution in [1.82, 2.24) is 5.32 Å². The smallest absolute Gasteiger partial charge is 0.217 e. The maximum atomic E-state index is 11.3. The van der Waals surface area contributed by atoms with E-state index < -0.39 is 79.2 Å². The molecule has 2 rings (SSSR count). The Morgan fingerprint density at radius 3 is 2.15 bits per heavy atom. The Morgan fingerprint density at radius 1 is 1.00 bits per heavy atom. The molecule has 2 heterocycles. The zero-order valence-corrected chi connectivity index (χ0v) is 15.5. The Kier molecular flexibility index (Phi) is 7.73. The summed E-state index contributed by atoms with van der Waals surface area (Å²) >= 11 is 3.16. The number of amides is 1. The second-order valence-electron chi connectivity index (χ2n) is 6.22. The fourth-order valence-electron chi connectivity index (χ4n) is 2.94. The van der Waals surface area contributed by atoms with Crippen molar-refractivity contribution in [2.24, 2.45) is 0 Å². The van der Waals surface area contributed by atoms with E-state index in [0.29, 0.717) is 0 Å². The summed E-state index contributed by atoms with van der Waals surface area (Å²) in [4.78, 5) is 11.3. The summed E-state index contributed by atoms with van der Waals surface area (Å²) in [6.07, 6.45) is -11.2. The number of halogens is 1. The van der Waals surface area contributed by atoms with Crippen LogP contribution in [0.2, 0.25) is 0 Å². The van der Waals surface area contributed by atoms with E-state index in [4.69, 9.17) is 14.2 Å². The third kappa shape index (κ3) is 4.52. The number of rotatable bonds is 5. The first-order valence-corrected chi connectivity index (χ1v) is 8.94. The molecule has 1 unspecified atom stereocenters. The minimum Gasteiger partial charge on any atom is -0.394 e. The molecular formula is C14H24BrNO10. The van der Waals surface area contributed by atoms with Gasteiger partial charge in [0.2, 0.25) is 5.91 Å². The van der Waals surface area contributed by atoms with Gasteiger partial charge in [0.25, 0.3) is 0 Å². The van der Waals surface area contributed by atoms with E-state index in [9.17, 15) is 35.4 Å². The van der Waals surface area contributed by atoms with Crippen LogP contribution in [-0.2, 0) is 19.0 Å². The van der Waals surface area contributed by atoms with Crippen LogP contribution >= 0.6 is 15.9 Å². The second-order valence-corrected chi connectivity index (χ2v) is 7.13. The first-order valence-electron chi connectivity index (χ1n) is 8.02. The molecular weight excluding hydrogens is 422 g/mol. The molecule has 0 radical (unpaired) electrons. The molecule has 0 saturated carbocycles. The van der Waals surface area contributed by atoms with E-state index in [-0.39, 0.29) is 0 Å². The molecule has 1 amide bonds. The van der Waals surface area contributed by atoms with Crippen LogP contribution in [0.4, 0.5) is 0 Å². The van der Waals surface area contributed by atoms with Gasteiger partial charge in [0.05, 0.1) is 19.3 Å². The monoisotopic (exact) mass is 445 g/mol. The number of carbonyl (C=O) groups excluding carboxylic acids is 1. The molecule has 26 heavy (non-hydrogen) atoms. The molecule has 0 bridgehead atoms. The number of hydrogen-bond acceptors (Lipinski definition) is 10. The van der Waals surface area contributed by atoms with E-state index in [1.54, 1.807) is 0 Å². The van der Waals surface area contributed by atoms with Crippen LogP contribution in [0.1, 0.15) is 6.92 Å². The van der Waals surface area contributed by atoms with E-state index in [2.05, 4.69) is 21.2 Å². The highest BCUT2D eigenvalue weighted by Crippen LogP contribution is 2.30. The lowest BCUT2D eigenvalue weighted by Gasteiger charge is -2.46. The Labute approximate surface area is 157 Å². The highest BCUT2D eigenvalue weighted by Gasteiger charge is 2.50. The SMILES string of the molecule is CC(=O)N[C@H]1C(Br)O[C@H](CO)[C@@H](O[C@@H]2O[C@H](CO)[C@H](O)[C@H](O)[C@H]2O)[C@@H]1O. The lowest BCUT2D eigenvalue weighted by molar-refractivity contribution is -0.333. The summed E-state index contributed by atoms with van der Waals surface area (Å²) in [5.74, 6) is -0.434. The predicted molar refractivity (Wildman–Crippen MR) is 86.9 cm³/mol. The fraction of sp³-hybridized carbons (Fsp3) is 0.929. The average Bonchev–Trinajstić information content (AvgIpc) is 2.60. The van der Waals surface area contributed by atoms with Gasteiger partial charge < -0.3 is 50.2 Å². The molecule has 0 aromatic heterocycles. The van der Waals surface area contributed by atoms with Crippen molar-refractivity contribution >= 4 is 21.8 Å². The van der Waals surface area contributed by atoms with Gasteiger partial charge in [-0.3, -0.25) is 4.79 Å². The number of aliphatic hydroxyl groups is 6. The molecule has 2 aliphatic heterocycles. The maximum absolute atomic E-state index is 11.3. The van der Waals surface area contributed by atoms with Crippen LogP contribution in [0.5, 0.6) is 0 Å². The highest BCUT2D eigenvalue weighted by molar-refractivity contribution is 9.09. The highest BCUT2D eigenvalue weighted by atomic mass is 79.9. The first-order chi connectivity index (χ1) is 12.2. The molecule has 0 spiro atoms. The molecule has 7 N–H and O–H groups in total. The Hall–Kier alpha value is -0.410. The molecule has 11 nitrogen and oxygen atoms in total. The molecule has 2 saturated heterocycles. The van der Waals surface area contributed by atoms with Gasteiger partial charge in [-0.25, -0.2) is 0 Å². The van der Waals surface area contributed by atoms with Crippen LogP contribution in [-0.4, -0.2) is 110 Å². The summed E-state index contributed by atoms with van der Waals surface area (Å²) in [5, 5.41) is 60.6. The van der Waals surface area contributed by atoms with Crippen LogP contribution in [0, 0.1) is 0 Å². The van der Waals surface area contributed by atoms with Crippen LogP contribution in [0.3, 0.4) is 0 Å². The molecule has 0 aromatic carbocycles. The minimum absolute atomic E-state index is 0.434. The van der Waals surface area contributed by atoms with Crippen molar-refractivity contribution in [2.75, 3.05) is 13.2 Å². The normalized spacial score (nSPS) is 46.8. The molecule has 0 aromatic rings. The topological polar surface area (TPSA) is 178 Å². The largest absolute Gasteiger partial charge is 0.394 e. The second kappa shape index (κ2) is 9.19. The lowest BCUT2D eigenvalue weighted by Crippen LogP contribution is -2.66. The summed E-state index contributed by atoms with van der Waals surface area (Å²) in [6, 6.07) is -0.926. The van der Waals surface area contributed by atoms with Crippen molar-refractivity contribution in [3.8, 4) is 0 Å². The first kappa shape index (κ1) is 21.9. The van der Waals surface area contributed by atoms with Gasteiger partial charge in [-0.05, 0) is 0 Å². The summed E-state index contributed by atoms with van der Waals surface area (Å²) in [7, 11) is 0. The molecule has 0 aliphatic carbocycles. The lowest BCUT2D eigenvalue weighted by atomic mass is 9.96. The quantitative estimate of drug-likeness (QED) is 0.207. The Morgan fingerprint density at radius 2 is 1.62 bits per heavy atom. The van der Waals surface area contributed by atoms with E-state index >= 15 is 0 Å². The van der Waals surface area contributed by atoms with Crippen LogP contribution in [0.25, 0.3) is 0 Å². The van der Waals surface area contributed by atoms with Crippen LogP contribution in [0.15, 0.2) is 0 Å². The zero-order valence-electron chi connectivity index (χ0n) is 13.9. The zero-order chi connectivity index (χ0) is 19.6. The van der Waals surface area contributed by atoms with Gasteiger partial charge in [0.15, 0.2) is 6.29 Å². The summed E-state index contributed by atoms with van der Waals surface area (Å²) in [5.41, 5.74) is 0. The van der Waals surface area contributed by atoms with E-state index in [1.807, 2.05) is 0 Å². The summed E-state index contributed by atoms with van der Waals surface area (Å²) < 4.78 is 16.2. The molecule has 10 atom stereocenters. The fourth-order valence-corrected chi connectivity index (χ4v) is 3.67. The van der Waals surface area contributed by atoms with Crippen molar-refractivity contribution < 1.29 is 49.6 Å². The number of hydrogen-bond donors (Lipinski definition) is 7. The Bertz CT molecular complexity index is 483. The van der Waals surface area contributed by atoms with Gasteiger partial charge >= 0.3 is 0 Å². The number of carbonyl (C=O) groups is 1. The van der Waals surface area contributed by atoms with Gasteiger partial charge in [-0.2, -0.15) is 0 Å². The average molecular weight is 446 g/mol. The number of ether oxygens (including phenoxy) is 3. The van der Waals surface area contributed by atoms with E-state index in [0.717, 1.165) is 0 Å².